The van der Waals surface area contributed by atoms with Crippen LogP contribution in [0.25, 0.3) is 10.2 Å². The second-order valence-corrected chi connectivity index (χ2v) is 7.94. The van der Waals surface area contributed by atoms with Gasteiger partial charge in [-0.1, -0.05) is 17.4 Å². The number of hydrogen-bond donors (Lipinski definition) is 1. The lowest BCUT2D eigenvalue weighted by atomic mass is 9.97. The van der Waals surface area contributed by atoms with Crippen molar-refractivity contribution < 1.29 is 4.79 Å². The summed E-state index contributed by atoms with van der Waals surface area (Å²) in [4.78, 5) is 19.7. The van der Waals surface area contributed by atoms with Crippen molar-refractivity contribution in [1.29, 1.82) is 5.26 Å². The van der Waals surface area contributed by atoms with Crippen molar-refractivity contribution in [3.8, 4) is 6.07 Å². The Morgan fingerprint density at radius 3 is 2.89 bits per heavy atom. The highest BCUT2D eigenvalue weighted by Gasteiger charge is 2.27. The Bertz CT molecular complexity index is 1020. The van der Waals surface area contributed by atoms with Crippen LogP contribution in [0.3, 0.4) is 0 Å². The summed E-state index contributed by atoms with van der Waals surface area (Å²) in [5.74, 6) is -0.0375. The summed E-state index contributed by atoms with van der Waals surface area (Å²) in [5.41, 5.74) is 3.57. The van der Waals surface area contributed by atoms with Crippen LogP contribution in [0.2, 0.25) is 0 Å². The van der Waals surface area contributed by atoms with Crippen molar-refractivity contribution in [2.24, 2.45) is 5.92 Å². The van der Waals surface area contributed by atoms with E-state index in [4.69, 9.17) is 10.2 Å². The molecule has 6 heteroatoms. The van der Waals surface area contributed by atoms with Gasteiger partial charge in [-0.2, -0.15) is 5.26 Å². The number of benzene rings is 2. The predicted octanol–water partition coefficient (Wildman–Crippen LogP) is 4.33. The monoisotopic (exact) mass is 376 g/mol. The third-order valence-corrected chi connectivity index (χ3v) is 5.96. The van der Waals surface area contributed by atoms with E-state index in [0.29, 0.717) is 12.1 Å². The minimum absolute atomic E-state index is 0.0290. The van der Waals surface area contributed by atoms with Crippen molar-refractivity contribution in [1.82, 2.24) is 4.98 Å². The average Bonchev–Trinajstić information content (AvgIpc) is 3.12. The van der Waals surface area contributed by atoms with E-state index in [2.05, 4.69) is 41.4 Å². The Labute approximate surface area is 162 Å². The Balaban J connectivity index is 1.46. The van der Waals surface area contributed by atoms with E-state index in [0.717, 1.165) is 35.7 Å². The summed E-state index contributed by atoms with van der Waals surface area (Å²) in [7, 11) is 0. The van der Waals surface area contributed by atoms with Crippen molar-refractivity contribution in [3.63, 3.8) is 0 Å². The van der Waals surface area contributed by atoms with Gasteiger partial charge in [-0.15, -0.1) is 0 Å². The van der Waals surface area contributed by atoms with E-state index in [9.17, 15) is 4.79 Å². The maximum Gasteiger partial charge on any atom is 0.229 e. The maximum absolute atomic E-state index is 12.7. The number of aryl methyl sites for hydroxylation is 1. The fourth-order valence-corrected chi connectivity index (χ4v) is 4.49. The number of fused-ring (bicyclic) bond motifs is 1. The number of piperidine rings is 1. The number of rotatable bonds is 3. The first kappa shape index (κ1) is 17.5. The third-order valence-electron chi connectivity index (χ3n) is 4.88. The number of nitrogens with one attached hydrogen (secondary N) is 1. The summed E-state index contributed by atoms with van der Waals surface area (Å²) < 4.78 is 1.19. The smallest absolute Gasteiger partial charge is 0.229 e. The first-order valence-electron chi connectivity index (χ1n) is 9.05. The van der Waals surface area contributed by atoms with E-state index in [1.807, 2.05) is 0 Å². The van der Waals surface area contributed by atoms with Gasteiger partial charge in [0.05, 0.1) is 27.8 Å². The van der Waals surface area contributed by atoms with Crippen molar-refractivity contribution in [2.75, 3.05) is 23.3 Å². The van der Waals surface area contributed by atoms with Crippen LogP contribution in [0.15, 0.2) is 42.5 Å². The lowest BCUT2D eigenvalue weighted by Gasteiger charge is -2.31. The van der Waals surface area contributed by atoms with Crippen LogP contribution in [0.5, 0.6) is 0 Å². The van der Waals surface area contributed by atoms with E-state index in [1.54, 1.807) is 35.6 Å². The maximum atomic E-state index is 12.7. The minimum atomic E-state index is -0.0665. The molecule has 0 aliphatic carbocycles. The zero-order chi connectivity index (χ0) is 18.8. The van der Waals surface area contributed by atoms with Gasteiger partial charge in [0.1, 0.15) is 0 Å². The molecule has 3 aromatic rings. The largest absolute Gasteiger partial charge is 0.347 e. The number of nitrogens with zero attached hydrogens (tertiary/aromatic N) is 3. The van der Waals surface area contributed by atoms with E-state index < -0.39 is 0 Å². The fraction of sp³-hybridized carbons (Fsp3) is 0.286. The van der Waals surface area contributed by atoms with Crippen LogP contribution in [0.4, 0.5) is 10.8 Å². The number of carbonyl (C=O) groups excluding carboxylic acids is 1. The van der Waals surface area contributed by atoms with Crippen LogP contribution in [0, 0.1) is 24.2 Å². The molecular formula is C21H20N4OS. The van der Waals surface area contributed by atoms with E-state index in [-0.39, 0.29) is 11.8 Å². The SMILES string of the molecule is Cc1ccc2nc(N3CCCC(C(=O)Nc4ccc(C#N)cc4)C3)sc2c1. The molecule has 1 saturated heterocycles. The van der Waals surface area contributed by atoms with Crippen LogP contribution in [0.1, 0.15) is 24.0 Å². The molecule has 1 aliphatic rings. The molecule has 1 fully saturated rings. The van der Waals surface area contributed by atoms with Crippen molar-refractivity contribution >= 4 is 38.3 Å². The molecule has 1 amide bonds. The lowest BCUT2D eigenvalue weighted by molar-refractivity contribution is -0.120. The topological polar surface area (TPSA) is 69.0 Å². The highest BCUT2D eigenvalue weighted by molar-refractivity contribution is 7.22. The summed E-state index contributed by atoms with van der Waals surface area (Å²) >= 11 is 1.69. The standard InChI is InChI=1S/C21H20N4OS/c1-14-4-9-18-19(11-14)27-21(24-18)25-10-2-3-16(13-25)20(26)23-17-7-5-15(12-22)6-8-17/h4-9,11,16H,2-3,10,13H2,1H3,(H,23,26). The number of anilines is 2. The third kappa shape index (κ3) is 3.79. The van der Waals surface area contributed by atoms with Crippen LogP contribution in [-0.4, -0.2) is 24.0 Å². The molecule has 4 rings (SSSR count). The summed E-state index contributed by atoms with van der Waals surface area (Å²) in [6.07, 6.45) is 1.85. The first-order valence-corrected chi connectivity index (χ1v) is 9.87. The van der Waals surface area contributed by atoms with Crippen LogP contribution >= 0.6 is 11.3 Å². The number of amides is 1. The van der Waals surface area contributed by atoms with Crippen molar-refractivity contribution in [2.45, 2.75) is 19.8 Å². The first-order chi connectivity index (χ1) is 13.1. The molecule has 27 heavy (non-hydrogen) atoms. The summed E-state index contributed by atoms with van der Waals surface area (Å²) in [5, 5.41) is 12.8. The Morgan fingerprint density at radius 2 is 2.11 bits per heavy atom. The molecule has 2 aromatic carbocycles. The summed E-state index contributed by atoms with van der Waals surface area (Å²) in [6.45, 7) is 3.70. The van der Waals surface area contributed by atoms with Gasteiger partial charge in [-0.25, -0.2) is 4.98 Å². The zero-order valence-electron chi connectivity index (χ0n) is 15.1. The highest BCUT2D eigenvalue weighted by atomic mass is 32.1. The van der Waals surface area contributed by atoms with Gasteiger partial charge >= 0.3 is 0 Å². The van der Waals surface area contributed by atoms with Gasteiger partial charge in [0.15, 0.2) is 5.13 Å². The average molecular weight is 376 g/mol. The van der Waals surface area contributed by atoms with Gasteiger partial charge < -0.3 is 10.2 Å². The Morgan fingerprint density at radius 1 is 1.30 bits per heavy atom. The van der Waals surface area contributed by atoms with Crippen LogP contribution < -0.4 is 10.2 Å². The Hall–Kier alpha value is -2.91. The fourth-order valence-electron chi connectivity index (χ4n) is 3.39. The molecule has 1 aromatic heterocycles. The quantitative estimate of drug-likeness (QED) is 0.739. The predicted molar refractivity (Wildman–Crippen MR) is 109 cm³/mol. The number of carbonyl (C=O) groups is 1. The lowest BCUT2D eigenvalue weighted by Crippen LogP contribution is -2.40. The number of hydrogen-bond acceptors (Lipinski definition) is 5. The molecule has 1 aliphatic heterocycles. The van der Waals surface area contributed by atoms with Gasteiger partial charge in [-0.3, -0.25) is 4.79 Å². The van der Waals surface area contributed by atoms with Gasteiger partial charge in [0.2, 0.25) is 5.91 Å². The molecular weight excluding hydrogens is 356 g/mol. The van der Waals surface area contributed by atoms with E-state index in [1.165, 1.54) is 10.3 Å². The molecule has 0 spiro atoms. The molecule has 0 radical (unpaired) electrons. The van der Waals surface area contributed by atoms with Gasteiger partial charge in [0, 0.05) is 18.8 Å². The molecule has 2 heterocycles. The van der Waals surface area contributed by atoms with Crippen LogP contribution in [-0.2, 0) is 4.79 Å². The normalized spacial score (nSPS) is 16.9. The molecule has 0 bridgehead atoms. The Kier molecular flexibility index (Phi) is 4.78. The number of thiazole rings is 1. The molecule has 1 atom stereocenters. The second-order valence-electron chi connectivity index (χ2n) is 6.93. The minimum Gasteiger partial charge on any atom is -0.347 e. The number of nitriles is 1. The highest BCUT2D eigenvalue weighted by Crippen LogP contribution is 2.32. The second kappa shape index (κ2) is 7.37. The van der Waals surface area contributed by atoms with Gasteiger partial charge in [0.25, 0.3) is 0 Å². The molecule has 1 unspecified atom stereocenters. The summed E-state index contributed by atoms with van der Waals surface area (Å²) in [6, 6.07) is 15.4. The van der Waals surface area contributed by atoms with Crippen molar-refractivity contribution in [3.05, 3.63) is 53.6 Å². The molecule has 5 nitrogen and oxygen atoms in total. The molecule has 0 saturated carbocycles. The number of aromatic nitrogens is 1. The van der Waals surface area contributed by atoms with E-state index >= 15 is 0 Å². The molecule has 136 valence electrons. The molecule has 1 N–H and O–H groups in total. The van der Waals surface area contributed by atoms with Gasteiger partial charge in [-0.05, 0) is 61.7 Å². The zero-order valence-corrected chi connectivity index (χ0v) is 15.9.